The molecule has 14 rings (SSSR count). The van der Waals surface area contributed by atoms with Crippen molar-refractivity contribution in [1.29, 1.82) is 0 Å². The van der Waals surface area contributed by atoms with E-state index in [-0.39, 0.29) is 13.4 Å². The molecule has 4 aliphatic rings. The Kier molecular flexibility index (Phi) is 6.87. The zero-order valence-corrected chi connectivity index (χ0v) is 33.8. The van der Waals surface area contributed by atoms with E-state index in [1.165, 1.54) is 60.3 Å². The van der Waals surface area contributed by atoms with Crippen LogP contribution in [-0.2, 0) is 0 Å². The van der Waals surface area contributed by atoms with Gasteiger partial charge in [-0.05, 0) is 100 Å². The number of aromatic nitrogens is 1. The highest BCUT2D eigenvalue weighted by molar-refractivity contribution is 7.03. The fourth-order valence-corrected chi connectivity index (χ4v) is 11.1. The third kappa shape index (κ3) is 4.49. The minimum atomic E-state index is -0.0273. The average molecular weight is 792 g/mol. The second-order valence-corrected chi connectivity index (χ2v) is 16.8. The first-order chi connectivity index (χ1) is 30.7. The lowest BCUT2D eigenvalue weighted by Crippen LogP contribution is -2.65. The second-order valence-electron chi connectivity index (χ2n) is 16.8. The summed E-state index contributed by atoms with van der Waals surface area (Å²) in [6.45, 7) is 2.14. The number of anilines is 6. The Morgan fingerprint density at radius 1 is 0.387 bits per heavy atom. The van der Waals surface area contributed by atoms with Crippen molar-refractivity contribution in [3.63, 3.8) is 0 Å². The van der Waals surface area contributed by atoms with Crippen LogP contribution < -0.4 is 52.1 Å². The van der Waals surface area contributed by atoms with Gasteiger partial charge in [0.25, 0.3) is 13.4 Å². The van der Waals surface area contributed by atoms with Crippen LogP contribution in [0.15, 0.2) is 194 Å². The lowest BCUT2D eigenvalue weighted by atomic mass is 9.30. The lowest BCUT2D eigenvalue weighted by Gasteiger charge is -2.41. The minimum Gasteiger partial charge on any atom is -0.458 e. The van der Waals surface area contributed by atoms with Crippen molar-refractivity contribution in [3.05, 3.63) is 200 Å². The van der Waals surface area contributed by atoms with Gasteiger partial charge in [-0.2, -0.15) is 0 Å². The molecule has 5 heterocycles. The molecule has 0 saturated carbocycles. The summed E-state index contributed by atoms with van der Waals surface area (Å²) in [6, 6.07) is 69.7. The van der Waals surface area contributed by atoms with E-state index >= 15 is 0 Å². The maximum Gasteiger partial charge on any atom is 0.256 e. The Balaban J connectivity index is 1.02. The van der Waals surface area contributed by atoms with Crippen molar-refractivity contribution in [2.24, 2.45) is 0 Å². The highest BCUT2D eigenvalue weighted by Gasteiger charge is 2.50. The third-order valence-electron chi connectivity index (χ3n) is 13.6. The normalized spacial score (nSPS) is 13.1. The minimum absolute atomic E-state index is 0.0273. The molecule has 0 aliphatic carbocycles. The third-order valence-corrected chi connectivity index (χ3v) is 13.6. The van der Waals surface area contributed by atoms with Gasteiger partial charge in [0.1, 0.15) is 23.0 Å². The number of nitrogens with zero attached hydrogens (tertiary/aromatic N) is 3. The highest BCUT2D eigenvalue weighted by atomic mass is 16.5. The van der Waals surface area contributed by atoms with Crippen LogP contribution in [0.3, 0.4) is 0 Å². The maximum atomic E-state index is 7.33. The summed E-state index contributed by atoms with van der Waals surface area (Å²) in [5.74, 6) is 3.50. The largest absolute Gasteiger partial charge is 0.458 e. The Bertz CT molecular complexity index is 3200. The van der Waals surface area contributed by atoms with E-state index in [9.17, 15) is 0 Å². The van der Waals surface area contributed by atoms with Crippen molar-refractivity contribution in [1.82, 2.24) is 4.57 Å². The summed E-state index contributed by atoms with van der Waals surface area (Å²) in [6.07, 6.45) is 0. The van der Waals surface area contributed by atoms with Gasteiger partial charge in [0.05, 0.1) is 0 Å². The van der Waals surface area contributed by atoms with Crippen molar-refractivity contribution in [2.75, 3.05) is 9.80 Å². The maximum absolute atomic E-state index is 7.33. The zero-order chi connectivity index (χ0) is 40.6. The zero-order valence-electron chi connectivity index (χ0n) is 33.8. The van der Waals surface area contributed by atoms with E-state index in [1.54, 1.807) is 0 Å². The van der Waals surface area contributed by atoms with Crippen molar-refractivity contribution in [3.8, 4) is 28.7 Å². The van der Waals surface area contributed by atoms with Gasteiger partial charge in [0, 0.05) is 79.3 Å². The molecule has 0 saturated heterocycles. The molecule has 0 atom stereocenters. The Morgan fingerprint density at radius 3 is 1.16 bits per heavy atom. The second kappa shape index (κ2) is 12.6. The molecule has 0 amide bonds. The number of ether oxygens (including phenoxy) is 2. The summed E-state index contributed by atoms with van der Waals surface area (Å²) in [5, 5.41) is 2.56. The van der Waals surface area contributed by atoms with E-state index in [1.807, 2.05) is 0 Å². The number of benzene rings is 9. The summed E-state index contributed by atoms with van der Waals surface area (Å²) in [5.41, 5.74) is 18.6. The number of fused-ring (bicyclic) bond motifs is 7. The van der Waals surface area contributed by atoms with E-state index in [4.69, 9.17) is 9.47 Å². The predicted molar refractivity (Wildman–Crippen MR) is 257 cm³/mol. The summed E-state index contributed by atoms with van der Waals surface area (Å²) < 4.78 is 17.2. The molecule has 7 heteroatoms. The standard InChI is InChI=1S/C55H35B2N3O2/c1-34-54-49-53-50-55(34)62-48-33-40(59(37-20-10-4-11-21-37)38-22-12-5-13-23-38)29-31-44(48)57(50)46-27-15-25-42-41-24-14-26-45(51(41)60(53)52(42)46)56(49)43-30-28-39(32-47(43)61-54)58(35-16-6-2-7-17-35)36-18-8-3-9-19-36/h2-33H,1H3. The van der Waals surface area contributed by atoms with E-state index in [2.05, 4.69) is 215 Å². The number of para-hydroxylation sites is 6. The molecule has 5 nitrogen and oxygen atoms in total. The Morgan fingerprint density at radius 2 is 0.774 bits per heavy atom. The summed E-state index contributed by atoms with van der Waals surface area (Å²) in [4.78, 5) is 4.61. The smallest absolute Gasteiger partial charge is 0.256 e. The average Bonchev–Trinajstić information content (AvgIpc) is 3.67. The van der Waals surface area contributed by atoms with Crippen LogP contribution in [0.1, 0.15) is 5.56 Å². The van der Waals surface area contributed by atoms with Gasteiger partial charge in [-0.25, -0.2) is 0 Å². The monoisotopic (exact) mass is 791 g/mol. The molecular weight excluding hydrogens is 756 g/mol. The molecule has 288 valence electrons. The van der Waals surface area contributed by atoms with Gasteiger partial charge in [-0.3, -0.25) is 0 Å². The van der Waals surface area contributed by atoms with Crippen LogP contribution in [0.5, 0.6) is 23.0 Å². The van der Waals surface area contributed by atoms with Gasteiger partial charge in [0.2, 0.25) is 0 Å². The lowest BCUT2D eigenvalue weighted by molar-refractivity contribution is 0.459. The first-order valence-corrected chi connectivity index (χ1v) is 21.4. The van der Waals surface area contributed by atoms with Crippen molar-refractivity contribution < 1.29 is 9.47 Å². The van der Waals surface area contributed by atoms with E-state index < -0.39 is 0 Å². The van der Waals surface area contributed by atoms with Gasteiger partial charge >= 0.3 is 0 Å². The van der Waals surface area contributed by atoms with Crippen LogP contribution in [0.4, 0.5) is 34.1 Å². The Labute approximate surface area is 359 Å². The quantitative estimate of drug-likeness (QED) is 0.157. The first kappa shape index (κ1) is 33.9. The molecule has 4 aliphatic heterocycles. The molecule has 0 bridgehead atoms. The molecule has 0 spiro atoms. The molecule has 62 heavy (non-hydrogen) atoms. The van der Waals surface area contributed by atoms with Crippen LogP contribution >= 0.6 is 0 Å². The first-order valence-electron chi connectivity index (χ1n) is 21.4. The fraction of sp³-hybridized carbons (Fsp3) is 0.0182. The number of hydrogen-bond acceptors (Lipinski definition) is 4. The molecule has 0 fully saturated rings. The highest BCUT2D eigenvalue weighted by Crippen LogP contribution is 2.47. The molecular formula is C55H35B2N3O2. The number of rotatable bonds is 6. The molecule has 0 N–H and O–H groups in total. The van der Waals surface area contributed by atoms with Gasteiger partial charge in [-0.1, -0.05) is 121 Å². The molecule has 0 radical (unpaired) electrons. The number of hydrogen-bond donors (Lipinski definition) is 0. The van der Waals surface area contributed by atoms with Gasteiger partial charge < -0.3 is 23.8 Å². The van der Waals surface area contributed by atoms with E-state index in [0.717, 1.165) is 62.7 Å². The van der Waals surface area contributed by atoms with Crippen LogP contribution in [0, 0.1) is 6.92 Å². The van der Waals surface area contributed by atoms with Gasteiger partial charge in [0.15, 0.2) is 0 Å². The van der Waals surface area contributed by atoms with E-state index in [0.29, 0.717) is 0 Å². The van der Waals surface area contributed by atoms with Crippen LogP contribution in [0.25, 0.3) is 27.5 Å². The van der Waals surface area contributed by atoms with Crippen LogP contribution in [0.2, 0.25) is 0 Å². The topological polar surface area (TPSA) is 29.9 Å². The predicted octanol–water partition coefficient (Wildman–Crippen LogP) is 9.90. The van der Waals surface area contributed by atoms with Gasteiger partial charge in [-0.15, -0.1) is 0 Å². The summed E-state index contributed by atoms with van der Waals surface area (Å²) >= 11 is 0. The molecule has 10 aromatic rings. The van der Waals surface area contributed by atoms with Crippen molar-refractivity contribution in [2.45, 2.75) is 6.92 Å². The van der Waals surface area contributed by atoms with Crippen LogP contribution in [-0.4, -0.2) is 18.0 Å². The fourth-order valence-electron chi connectivity index (χ4n) is 11.1. The van der Waals surface area contributed by atoms with Crippen molar-refractivity contribution >= 4 is 102 Å². The summed E-state index contributed by atoms with van der Waals surface area (Å²) in [7, 11) is 0. The molecule has 9 aromatic carbocycles. The molecule has 0 unspecified atom stereocenters. The SMILES string of the molecule is Cc1c2c3c4c5c1Oc1cc(N(c6ccccc6)c6ccccc6)ccc1B5c1cccc5c6cccc(c6n-4c15)B3c1ccc(N(c3ccccc3)c3ccccc3)cc1O2. The molecule has 1 aromatic heterocycles. The Hall–Kier alpha value is -7.89.